The van der Waals surface area contributed by atoms with Gasteiger partial charge in [0.25, 0.3) is 0 Å². The third-order valence-electron chi connectivity index (χ3n) is 6.88. The Bertz CT molecular complexity index is 1200. The van der Waals surface area contributed by atoms with Crippen LogP contribution in [0.2, 0.25) is 0 Å². The quantitative estimate of drug-likeness (QED) is 0.201. The number of aryl methyl sites for hydroxylation is 1. The molecular formula is C32H35F3O2. The SMILES string of the molecule is C/C=C/C1COC(c2ccc(-c3ccc(-c4ccc(CCCCCCC)c(F)c4F)cc3)cc2F)OC1. The first kappa shape index (κ1) is 27.2. The van der Waals surface area contributed by atoms with Crippen LogP contribution in [0.4, 0.5) is 13.2 Å². The van der Waals surface area contributed by atoms with Gasteiger partial charge in [-0.25, -0.2) is 13.2 Å². The fourth-order valence-corrected chi connectivity index (χ4v) is 4.75. The average molecular weight is 509 g/mol. The van der Waals surface area contributed by atoms with E-state index in [9.17, 15) is 13.2 Å². The van der Waals surface area contributed by atoms with Gasteiger partial charge >= 0.3 is 0 Å². The summed E-state index contributed by atoms with van der Waals surface area (Å²) < 4.78 is 56.0. The molecule has 1 saturated heterocycles. The summed E-state index contributed by atoms with van der Waals surface area (Å²) in [5, 5.41) is 0. The van der Waals surface area contributed by atoms with Crippen molar-refractivity contribution in [3.8, 4) is 22.3 Å². The number of unbranched alkanes of at least 4 members (excludes halogenated alkanes) is 4. The summed E-state index contributed by atoms with van der Waals surface area (Å²) >= 11 is 0. The number of allylic oxidation sites excluding steroid dienone is 1. The Morgan fingerprint density at radius 1 is 0.784 bits per heavy atom. The molecule has 5 heteroatoms. The summed E-state index contributed by atoms with van der Waals surface area (Å²) in [6, 6.07) is 15.3. The van der Waals surface area contributed by atoms with Gasteiger partial charge in [0.1, 0.15) is 5.82 Å². The highest BCUT2D eigenvalue weighted by molar-refractivity contribution is 5.71. The molecule has 0 atom stereocenters. The van der Waals surface area contributed by atoms with Crippen molar-refractivity contribution in [2.24, 2.45) is 5.92 Å². The van der Waals surface area contributed by atoms with E-state index in [2.05, 4.69) is 6.92 Å². The van der Waals surface area contributed by atoms with Gasteiger partial charge in [-0.3, -0.25) is 0 Å². The number of benzene rings is 3. The van der Waals surface area contributed by atoms with E-state index in [1.54, 1.807) is 42.5 Å². The van der Waals surface area contributed by atoms with Gasteiger partial charge in [0.2, 0.25) is 0 Å². The molecule has 0 aliphatic carbocycles. The van der Waals surface area contributed by atoms with Crippen molar-refractivity contribution in [1.29, 1.82) is 0 Å². The fourth-order valence-electron chi connectivity index (χ4n) is 4.75. The summed E-state index contributed by atoms with van der Waals surface area (Å²) in [7, 11) is 0. The predicted molar refractivity (Wildman–Crippen MR) is 143 cm³/mol. The van der Waals surface area contributed by atoms with Gasteiger partial charge in [0.05, 0.1) is 13.2 Å². The molecule has 1 fully saturated rings. The zero-order valence-corrected chi connectivity index (χ0v) is 21.6. The Balaban J connectivity index is 1.44. The minimum atomic E-state index is -0.821. The standard InChI is InChI=1S/C32H35F3O2/c1-3-5-6-7-8-10-25-15-17-27(31(35)30(25)34)24-13-11-23(12-14-24)26-16-18-28(29(33)19-26)32-36-20-22(9-4-2)21-37-32/h4,9,11-19,22,32H,3,5-8,10,20-21H2,1-2H3/b9-4+. The van der Waals surface area contributed by atoms with Crippen LogP contribution in [0.1, 0.15) is 63.4 Å². The summed E-state index contributed by atoms with van der Waals surface area (Å²) in [5.74, 6) is -1.82. The molecule has 196 valence electrons. The maximum atomic E-state index is 14.9. The van der Waals surface area contributed by atoms with Gasteiger partial charge in [-0.05, 0) is 48.1 Å². The van der Waals surface area contributed by atoms with Crippen LogP contribution in [-0.2, 0) is 15.9 Å². The van der Waals surface area contributed by atoms with Gasteiger partial charge in [0.15, 0.2) is 17.9 Å². The minimum Gasteiger partial charge on any atom is -0.348 e. The van der Waals surface area contributed by atoms with Crippen LogP contribution in [-0.4, -0.2) is 13.2 Å². The van der Waals surface area contributed by atoms with Crippen LogP contribution in [0.3, 0.4) is 0 Å². The number of hydrogen-bond donors (Lipinski definition) is 0. The fraction of sp³-hybridized carbons (Fsp3) is 0.375. The van der Waals surface area contributed by atoms with Gasteiger partial charge in [-0.15, -0.1) is 0 Å². The second kappa shape index (κ2) is 13.1. The van der Waals surface area contributed by atoms with E-state index >= 15 is 0 Å². The molecular weight excluding hydrogens is 473 g/mol. The Kier molecular flexibility index (Phi) is 9.59. The Hall–Kier alpha value is -2.89. The highest BCUT2D eigenvalue weighted by Gasteiger charge is 2.24. The zero-order valence-electron chi connectivity index (χ0n) is 21.6. The molecule has 1 heterocycles. The van der Waals surface area contributed by atoms with Crippen LogP contribution in [0.25, 0.3) is 22.3 Å². The second-order valence-electron chi connectivity index (χ2n) is 9.66. The van der Waals surface area contributed by atoms with Crippen molar-refractivity contribution in [2.75, 3.05) is 13.2 Å². The summed E-state index contributed by atoms with van der Waals surface area (Å²) in [5.41, 5.74) is 3.04. The van der Waals surface area contributed by atoms with E-state index in [0.717, 1.165) is 31.2 Å². The third-order valence-corrected chi connectivity index (χ3v) is 6.88. The van der Waals surface area contributed by atoms with Crippen molar-refractivity contribution in [1.82, 2.24) is 0 Å². The van der Waals surface area contributed by atoms with E-state index in [-0.39, 0.29) is 11.5 Å². The summed E-state index contributed by atoms with van der Waals surface area (Å²) in [4.78, 5) is 0. The first-order valence-electron chi connectivity index (χ1n) is 13.2. The van der Waals surface area contributed by atoms with Crippen LogP contribution < -0.4 is 0 Å². The number of hydrogen-bond acceptors (Lipinski definition) is 2. The highest BCUT2D eigenvalue weighted by Crippen LogP contribution is 2.32. The maximum absolute atomic E-state index is 14.9. The topological polar surface area (TPSA) is 18.5 Å². The molecule has 37 heavy (non-hydrogen) atoms. The maximum Gasteiger partial charge on any atom is 0.186 e. The zero-order chi connectivity index (χ0) is 26.2. The van der Waals surface area contributed by atoms with Gasteiger partial charge < -0.3 is 9.47 Å². The summed E-state index contributed by atoms with van der Waals surface area (Å²) in [6.45, 7) is 5.06. The molecule has 4 rings (SSSR count). The van der Waals surface area contributed by atoms with Crippen LogP contribution in [0.15, 0.2) is 66.7 Å². The minimum absolute atomic E-state index is 0.173. The van der Waals surface area contributed by atoms with E-state index in [0.29, 0.717) is 41.9 Å². The van der Waals surface area contributed by atoms with Gasteiger partial charge in [-0.2, -0.15) is 0 Å². The Morgan fingerprint density at radius 2 is 1.46 bits per heavy atom. The summed E-state index contributed by atoms with van der Waals surface area (Å²) in [6.07, 6.45) is 9.11. The molecule has 0 radical (unpaired) electrons. The molecule has 3 aromatic carbocycles. The van der Waals surface area contributed by atoms with Crippen molar-refractivity contribution < 1.29 is 22.6 Å². The lowest BCUT2D eigenvalue weighted by Gasteiger charge is -2.28. The molecule has 0 bridgehead atoms. The van der Waals surface area contributed by atoms with Crippen LogP contribution in [0, 0.1) is 23.4 Å². The van der Waals surface area contributed by atoms with E-state index < -0.39 is 23.7 Å². The molecule has 0 amide bonds. The number of rotatable bonds is 10. The molecule has 0 N–H and O–H groups in total. The average Bonchev–Trinajstić information content (AvgIpc) is 2.92. The molecule has 0 aromatic heterocycles. The monoisotopic (exact) mass is 508 g/mol. The normalized spacial score (nSPS) is 18.0. The van der Waals surface area contributed by atoms with E-state index in [4.69, 9.17) is 9.47 Å². The Labute approximate surface area is 218 Å². The van der Waals surface area contributed by atoms with Crippen molar-refractivity contribution in [3.05, 3.63) is 95.3 Å². The number of halogens is 3. The van der Waals surface area contributed by atoms with E-state index in [1.807, 2.05) is 25.1 Å². The smallest absolute Gasteiger partial charge is 0.186 e. The molecule has 0 spiro atoms. The first-order chi connectivity index (χ1) is 18.0. The largest absolute Gasteiger partial charge is 0.348 e. The third kappa shape index (κ3) is 6.71. The molecule has 1 aliphatic rings. The van der Waals surface area contributed by atoms with Crippen molar-refractivity contribution in [2.45, 2.75) is 58.7 Å². The van der Waals surface area contributed by atoms with Gasteiger partial charge in [0, 0.05) is 17.0 Å². The second-order valence-corrected chi connectivity index (χ2v) is 9.66. The Morgan fingerprint density at radius 3 is 2.14 bits per heavy atom. The van der Waals surface area contributed by atoms with E-state index in [1.165, 1.54) is 12.5 Å². The molecule has 1 aliphatic heterocycles. The predicted octanol–water partition coefficient (Wildman–Crippen LogP) is 9.19. The lowest BCUT2D eigenvalue weighted by molar-refractivity contribution is -0.198. The molecule has 2 nitrogen and oxygen atoms in total. The molecule has 0 unspecified atom stereocenters. The van der Waals surface area contributed by atoms with Gasteiger partial charge in [-0.1, -0.05) is 93.3 Å². The van der Waals surface area contributed by atoms with Crippen LogP contribution >= 0.6 is 0 Å². The lowest BCUT2D eigenvalue weighted by atomic mass is 9.97. The van der Waals surface area contributed by atoms with Crippen LogP contribution in [0.5, 0.6) is 0 Å². The first-order valence-corrected chi connectivity index (χ1v) is 13.2. The lowest BCUT2D eigenvalue weighted by Crippen LogP contribution is -2.26. The van der Waals surface area contributed by atoms with Crippen molar-refractivity contribution >= 4 is 0 Å². The van der Waals surface area contributed by atoms with Crippen molar-refractivity contribution in [3.63, 3.8) is 0 Å². The number of ether oxygens (including phenoxy) is 2. The highest BCUT2D eigenvalue weighted by atomic mass is 19.2. The molecule has 0 saturated carbocycles. The molecule has 3 aromatic rings.